The van der Waals surface area contributed by atoms with Gasteiger partial charge in [0.2, 0.25) is 0 Å². The SMILES string of the molecule is CCOC(=O)C1=C(c2ccccc2)N=c2s/c(=C\c3cn(CC#N)c4ccccc34)c(=O)n2[C@H]1c1ccc(OCC)cc1. The van der Waals surface area contributed by atoms with E-state index >= 15 is 0 Å². The fourth-order valence-electron chi connectivity index (χ4n) is 5.41. The molecule has 9 heteroatoms. The molecular weight excluding hydrogens is 560 g/mol. The van der Waals surface area contributed by atoms with Crippen molar-refractivity contribution in [1.82, 2.24) is 9.13 Å². The lowest BCUT2D eigenvalue weighted by Gasteiger charge is -2.26. The molecule has 6 rings (SSSR count). The Hall–Kier alpha value is -5.20. The second-order valence-electron chi connectivity index (χ2n) is 9.82. The fourth-order valence-corrected chi connectivity index (χ4v) is 6.40. The minimum atomic E-state index is -0.775. The Kier molecular flexibility index (Phi) is 7.77. The number of ether oxygens (including phenoxy) is 2. The zero-order valence-electron chi connectivity index (χ0n) is 23.7. The average Bonchev–Trinajstić information content (AvgIpc) is 3.54. The number of hydrogen-bond donors (Lipinski definition) is 0. The minimum Gasteiger partial charge on any atom is -0.494 e. The lowest BCUT2D eigenvalue weighted by atomic mass is 9.93. The molecule has 1 aliphatic rings. The minimum absolute atomic E-state index is 0.178. The van der Waals surface area contributed by atoms with Gasteiger partial charge in [-0.15, -0.1) is 0 Å². The van der Waals surface area contributed by atoms with Gasteiger partial charge in [0.25, 0.3) is 5.56 Å². The molecule has 0 aliphatic carbocycles. The Labute approximate surface area is 251 Å². The topological polar surface area (TPSA) is 98.6 Å². The van der Waals surface area contributed by atoms with Gasteiger partial charge in [-0.25, -0.2) is 9.79 Å². The Morgan fingerprint density at radius 2 is 1.77 bits per heavy atom. The lowest BCUT2D eigenvalue weighted by molar-refractivity contribution is -0.138. The Balaban J connectivity index is 1.62. The van der Waals surface area contributed by atoms with E-state index < -0.39 is 12.0 Å². The predicted molar refractivity (Wildman–Crippen MR) is 166 cm³/mol. The first-order chi connectivity index (χ1) is 21.0. The van der Waals surface area contributed by atoms with E-state index in [-0.39, 0.29) is 18.7 Å². The average molecular weight is 589 g/mol. The van der Waals surface area contributed by atoms with Crippen LogP contribution in [0.1, 0.15) is 36.6 Å². The Morgan fingerprint density at radius 3 is 2.49 bits per heavy atom. The van der Waals surface area contributed by atoms with E-state index in [0.29, 0.717) is 33.0 Å². The third-order valence-corrected chi connectivity index (χ3v) is 8.21. The van der Waals surface area contributed by atoms with Crippen molar-refractivity contribution < 1.29 is 14.3 Å². The fraction of sp³-hybridized carbons (Fsp3) is 0.176. The second kappa shape index (κ2) is 12.0. The van der Waals surface area contributed by atoms with Gasteiger partial charge in [0.15, 0.2) is 4.80 Å². The van der Waals surface area contributed by atoms with Crippen molar-refractivity contribution in [3.63, 3.8) is 0 Å². The monoisotopic (exact) mass is 588 g/mol. The highest BCUT2D eigenvalue weighted by Crippen LogP contribution is 2.35. The van der Waals surface area contributed by atoms with E-state index in [1.807, 2.05) is 103 Å². The number of fused-ring (bicyclic) bond motifs is 2. The first-order valence-electron chi connectivity index (χ1n) is 14.0. The number of carbonyl (C=O) groups excluding carboxylic acids is 1. The molecule has 8 nitrogen and oxygen atoms in total. The molecule has 0 saturated carbocycles. The molecule has 0 amide bonds. The van der Waals surface area contributed by atoms with Crippen LogP contribution < -0.4 is 19.6 Å². The first-order valence-corrected chi connectivity index (χ1v) is 14.8. The number of thiazole rings is 1. The molecule has 3 heterocycles. The van der Waals surface area contributed by atoms with Crippen LogP contribution in [0.3, 0.4) is 0 Å². The van der Waals surface area contributed by atoms with Gasteiger partial charge in [0, 0.05) is 28.2 Å². The van der Waals surface area contributed by atoms with Crippen molar-refractivity contribution in [3.8, 4) is 11.8 Å². The molecule has 214 valence electrons. The van der Waals surface area contributed by atoms with Crippen molar-refractivity contribution in [2.45, 2.75) is 26.4 Å². The van der Waals surface area contributed by atoms with Crippen LogP contribution >= 0.6 is 11.3 Å². The summed E-state index contributed by atoms with van der Waals surface area (Å²) in [5, 5.41) is 10.3. The number of nitrogens with zero attached hydrogens (tertiary/aromatic N) is 4. The van der Waals surface area contributed by atoms with E-state index in [1.165, 1.54) is 11.3 Å². The van der Waals surface area contributed by atoms with Crippen LogP contribution in [0.2, 0.25) is 0 Å². The highest BCUT2D eigenvalue weighted by atomic mass is 32.1. The summed E-state index contributed by atoms with van der Waals surface area (Å²) in [5.74, 6) is 0.162. The molecule has 3 aromatic carbocycles. The van der Waals surface area contributed by atoms with E-state index in [2.05, 4.69) is 6.07 Å². The largest absolute Gasteiger partial charge is 0.494 e. The molecule has 5 aromatic rings. The highest BCUT2D eigenvalue weighted by Gasteiger charge is 2.35. The third-order valence-electron chi connectivity index (χ3n) is 7.23. The number of para-hydroxylation sites is 1. The maximum absolute atomic E-state index is 14.2. The van der Waals surface area contributed by atoms with E-state index in [4.69, 9.17) is 14.5 Å². The third kappa shape index (κ3) is 5.17. The normalized spacial score (nSPS) is 14.7. The van der Waals surface area contributed by atoms with Crippen molar-refractivity contribution in [2.75, 3.05) is 13.2 Å². The van der Waals surface area contributed by atoms with Gasteiger partial charge in [0.1, 0.15) is 12.3 Å². The van der Waals surface area contributed by atoms with Gasteiger partial charge in [-0.3, -0.25) is 9.36 Å². The summed E-state index contributed by atoms with van der Waals surface area (Å²) in [7, 11) is 0. The number of benzene rings is 3. The zero-order chi connectivity index (χ0) is 29.9. The van der Waals surface area contributed by atoms with Crippen LogP contribution in [0, 0.1) is 11.3 Å². The van der Waals surface area contributed by atoms with Crippen LogP contribution in [0.5, 0.6) is 5.75 Å². The van der Waals surface area contributed by atoms with Gasteiger partial charge >= 0.3 is 5.97 Å². The molecule has 0 bridgehead atoms. The van der Waals surface area contributed by atoms with Crippen molar-refractivity contribution in [1.29, 1.82) is 5.26 Å². The Morgan fingerprint density at radius 1 is 1.02 bits per heavy atom. The standard InChI is InChI=1S/C34H28N4O4S/c1-3-41-25-16-14-23(15-17-25)31-29(33(40)42-4-2)30(22-10-6-5-7-11-22)36-34-38(31)32(39)28(43-34)20-24-21-37(19-18-35)27-13-9-8-12-26(24)27/h5-17,20-21,31H,3-4,19H2,1-2H3/b28-20-/t31-/m0/s1. The van der Waals surface area contributed by atoms with E-state index in [0.717, 1.165) is 27.6 Å². The number of aromatic nitrogens is 2. The summed E-state index contributed by atoms with van der Waals surface area (Å²) in [6.07, 6.45) is 3.72. The molecule has 0 fully saturated rings. The van der Waals surface area contributed by atoms with Crippen LogP contribution in [0.25, 0.3) is 22.7 Å². The molecule has 0 unspecified atom stereocenters. The van der Waals surface area contributed by atoms with Crippen molar-refractivity contribution >= 4 is 40.0 Å². The van der Waals surface area contributed by atoms with Gasteiger partial charge in [0.05, 0.1) is 41.1 Å². The zero-order valence-corrected chi connectivity index (χ0v) is 24.5. The van der Waals surface area contributed by atoms with Gasteiger partial charge < -0.3 is 14.0 Å². The number of rotatable bonds is 8. The van der Waals surface area contributed by atoms with Crippen molar-refractivity contribution in [3.05, 3.63) is 127 Å². The summed E-state index contributed by atoms with van der Waals surface area (Å²) in [4.78, 5) is 33.3. The highest BCUT2D eigenvalue weighted by molar-refractivity contribution is 7.07. The molecule has 1 aliphatic heterocycles. The molecule has 0 spiro atoms. The molecule has 0 radical (unpaired) electrons. The summed E-state index contributed by atoms with van der Waals surface area (Å²) < 4.78 is 15.1. The predicted octanol–water partition coefficient (Wildman–Crippen LogP) is 4.81. The first kappa shape index (κ1) is 27.9. The summed E-state index contributed by atoms with van der Waals surface area (Å²) >= 11 is 1.27. The Bertz CT molecular complexity index is 2080. The van der Waals surface area contributed by atoms with Crippen LogP contribution in [-0.4, -0.2) is 28.3 Å². The number of carbonyl (C=O) groups is 1. The maximum atomic E-state index is 14.2. The summed E-state index contributed by atoms with van der Waals surface area (Å²) in [6, 6.07) is 26.1. The molecule has 2 aromatic heterocycles. The van der Waals surface area contributed by atoms with Gasteiger partial charge in [-0.05, 0) is 43.7 Å². The molecule has 1 atom stereocenters. The maximum Gasteiger partial charge on any atom is 0.338 e. The summed E-state index contributed by atoms with van der Waals surface area (Å²) in [6.45, 7) is 4.56. The number of nitriles is 1. The number of esters is 1. The van der Waals surface area contributed by atoms with Crippen LogP contribution in [0.15, 0.2) is 100 Å². The molecule has 0 N–H and O–H groups in total. The molecule has 43 heavy (non-hydrogen) atoms. The van der Waals surface area contributed by atoms with Gasteiger partial charge in [-0.1, -0.05) is 72.0 Å². The molecule has 0 saturated heterocycles. The lowest BCUT2D eigenvalue weighted by Crippen LogP contribution is -2.40. The smallest absolute Gasteiger partial charge is 0.338 e. The quantitative estimate of drug-likeness (QED) is 0.242. The molecular formula is C34H28N4O4S. The second-order valence-corrected chi connectivity index (χ2v) is 10.8. The van der Waals surface area contributed by atoms with Crippen molar-refractivity contribution in [2.24, 2.45) is 4.99 Å². The van der Waals surface area contributed by atoms with Crippen LogP contribution in [-0.2, 0) is 16.1 Å². The summed E-state index contributed by atoms with van der Waals surface area (Å²) in [5.41, 5.74) is 3.70. The number of hydrogen-bond acceptors (Lipinski definition) is 7. The van der Waals surface area contributed by atoms with Crippen LogP contribution in [0.4, 0.5) is 0 Å². The van der Waals surface area contributed by atoms with E-state index in [1.54, 1.807) is 11.5 Å². The van der Waals surface area contributed by atoms with E-state index in [9.17, 15) is 14.9 Å². The van der Waals surface area contributed by atoms with Gasteiger partial charge in [-0.2, -0.15) is 5.26 Å².